The summed E-state index contributed by atoms with van der Waals surface area (Å²) < 4.78 is 5.29. The number of ether oxygens (including phenoxy) is 1. The molecule has 2 rings (SSSR count). The number of nitrogens with zero attached hydrogens (tertiary/aromatic N) is 1. The number of halogens is 1. The first kappa shape index (κ1) is 13.3. The molecule has 1 heterocycles. The smallest absolute Gasteiger partial charge is 0.343 e. The van der Waals surface area contributed by atoms with Crippen LogP contribution in [0.15, 0.2) is 24.0 Å². The van der Waals surface area contributed by atoms with Crippen molar-refractivity contribution in [1.29, 1.82) is 5.41 Å². The normalized spacial score (nSPS) is 27.1. The number of Topliss-reactive ketones (excluding diaryl/α,β-unsaturated/α-hetero) is 1. The van der Waals surface area contributed by atoms with Gasteiger partial charge in [0.05, 0.1) is 12.3 Å². The van der Waals surface area contributed by atoms with E-state index in [4.69, 9.17) is 10.1 Å². The third-order valence-corrected chi connectivity index (χ3v) is 4.21. The van der Waals surface area contributed by atoms with Gasteiger partial charge in [-0.2, -0.15) is 0 Å². The Morgan fingerprint density at radius 2 is 2.33 bits per heavy atom. The minimum atomic E-state index is -0.671. The average molecular weight is 360 g/mol. The zero-order chi connectivity index (χ0) is 13.4. The minimum absolute atomic E-state index is 0.0789. The molecule has 96 valence electrons. The third-order valence-electron chi connectivity index (χ3n) is 2.87. The quantitative estimate of drug-likeness (QED) is 0.358. The number of rotatable bonds is 3. The van der Waals surface area contributed by atoms with Crippen LogP contribution in [0.5, 0.6) is 0 Å². The van der Waals surface area contributed by atoms with Crippen molar-refractivity contribution in [3.63, 3.8) is 0 Å². The first-order valence-corrected chi connectivity index (χ1v) is 6.85. The summed E-state index contributed by atoms with van der Waals surface area (Å²) in [6, 6.07) is 0.218. The van der Waals surface area contributed by atoms with E-state index >= 15 is 0 Å². The Hall–Kier alpha value is -1.18. The van der Waals surface area contributed by atoms with Crippen molar-refractivity contribution in [1.82, 2.24) is 4.90 Å². The van der Waals surface area contributed by atoms with Crippen LogP contribution in [-0.4, -0.2) is 38.9 Å². The number of alkyl halides is 1. The monoisotopic (exact) mass is 360 g/mol. The van der Waals surface area contributed by atoms with E-state index in [-0.39, 0.29) is 23.9 Å². The summed E-state index contributed by atoms with van der Waals surface area (Å²) in [5.74, 6) is -1.28. The van der Waals surface area contributed by atoms with Crippen molar-refractivity contribution in [3.8, 4) is 0 Å². The second kappa shape index (κ2) is 4.83. The number of esters is 1. The number of nitrogens with one attached hydrogen (secondary N) is 1. The Morgan fingerprint density at radius 3 is 2.83 bits per heavy atom. The van der Waals surface area contributed by atoms with Crippen LogP contribution in [0.25, 0.3) is 0 Å². The van der Waals surface area contributed by atoms with E-state index < -0.39 is 11.8 Å². The molecule has 5 nitrogen and oxygen atoms in total. The van der Waals surface area contributed by atoms with E-state index in [1.54, 1.807) is 11.8 Å². The lowest BCUT2D eigenvalue weighted by atomic mass is 10.0. The summed E-state index contributed by atoms with van der Waals surface area (Å²) in [5, 5.41) is 7.73. The molecule has 18 heavy (non-hydrogen) atoms. The van der Waals surface area contributed by atoms with Crippen molar-refractivity contribution in [2.24, 2.45) is 0 Å². The van der Waals surface area contributed by atoms with Crippen LogP contribution in [0.1, 0.15) is 13.3 Å². The number of hydrogen-bond acceptors (Lipinski definition) is 5. The van der Waals surface area contributed by atoms with Gasteiger partial charge in [0.1, 0.15) is 11.3 Å². The molecule has 1 saturated carbocycles. The standard InChI is InChI=1S/C12H13IN2O3/c1-3-18-12(17)7-5-15(9-4-8(9)13)6(2)10(14)11(7)16/h5,8-9,14H,2-4H2,1H3. The van der Waals surface area contributed by atoms with Crippen LogP contribution < -0.4 is 0 Å². The molecule has 0 radical (unpaired) electrons. The zero-order valence-electron chi connectivity index (χ0n) is 9.90. The van der Waals surface area contributed by atoms with Crippen LogP contribution in [0.4, 0.5) is 0 Å². The van der Waals surface area contributed by atoms with Crippen molar-refractivity contribution < 1.29 is 14.3 Å². The molecule has 1 fully saturated rings. The molecule has 2 aliphatic rings. The molecule has 0 saturated heterocycles. The molecule has 1 aliphatic heterocycles. The topological polar surface area (TPSA) is 70.5 Å². The highest BCUT2D eigenvalue weighted by Gasteiger charge is 2.44. The van der Waals surface area contributed by atoms with Gasteiger partial charge in [-0.1, -0.05) is 29.2 Å². The van der Waals surface area contributed by atoms with E-state index in [9.17, 15) is 9.59 Å². The molecule has 0 aromatic carbocycles. The highest BCUT2D eigenvalue weighted by Crippen LogP contribution is 2.39. The molecule has 2 unspecified atom stereocenters. The fourth-order valence-corrected chi connectivity index (χ4v) is 2.63. The second-order valence-electron chi connectivity index (χ2n) is 4.14. The van der Waals surface area contributed by atoms with Gasteiger partial charge in [-0.25, -0.2) is 4.79 Å². The Labute approximate surface area is 119 Å². The first-order chi connectivity index (χ1) is 8.47. The van der Waals surface area contributed by atoms with Gasteiger partial charge in [-0.05, 0) is 13.3 Å². The van der Waals surface area contributed by atoms with E-state index in [0.717, 1.165) is 6.42 Å². The van der Waals surface area contributed by atoms with E-state index in [2.05, 4.69) is 29.2 Å². The van der Waals surface area contributed by atoms with Gasteiger partial charge in [-0.3, -0.25) is 10.2 Å². The second-order valence-corrected chi connectivity index (χ2v) is 5.74. The molecule has 0 bridgehead atoms. The van der Waals surface area contributed by atoms with Gasteiger partial charge in [0.25, 0.3) is 0 Å². The molecule has 6 heteroatoms. The molecule has 0 spiro atoms. The number of allylic oxidation sites excluding steroid dienone is 1. The molecular formula is C12H13IN2O3. The van der Waals surface area contributed by atoms with Gasteiger partial charge in [0, 0.05) is 16.2 Å². The molecule has 2 atom stereocenters. The molecule has 1 N–H and O–H groups in total. The van der Waals surface area contributed by atoms with Crippen LogP contribution in [-0.2, 0) is 14.3 Å². The Kier molecular flexibility index (Phi) is 3.56. The SMILES string of the molecule is C=C1C(=N)C(=O)C(C(=O)OCC)=CN1C1CC1I. The molecule has 0 aromatic heterocycles. The van der Waals surface area contributed by atoms with E-state index in [1.807, 2.05) is 0 Å². The number of carbonyl (C=O) groups is 2. The fourth-order valence-electron chi connectivity index (χ4n) is 1.76. The van der Waals surface area contributed by atoms with Crippen molar-refractivity contribution in [3.05, 3.63) is 24.0 Å². The number of hydrogen-bond donors (Lipinski definition) is 1. The minimum Gasteiger partial charge on any atom is -0.462 e. The lowest BCUT2D eigenvalue weighted by Crippen LogP contribution is -2.37. The summed E-state index contributed by atoms with van der Waals surface area (Å²) in [4.78, 5) is 25.2. The highest BCUT2D eigenvalue weighted by molar-refractivity contribution is 14.1. The summed E-state index contributed by atoms with van der Waals surface area (Å²) in [6.07, 6.45) is 2.44. The van der Waals surface area contributed by atoms with Gasteiger partial charge < -0.3 is 9.64 Å². The van der Waals surface area contributed by atoms with E-state index in [1.165, 1.54) is 6.20 Å². The Bertz CT molecular complexity index is 484. The predicted molar refractivity (Wildman–Crippen MR) is 74.6 cm³/mol. The largest absolute Gasteiger partial charge is 0.462 e. The molecule has 1 aliphatic carbocycles. The maximum atomic E-state index is 11.8. The molecule has 0 aromatic rings. The first-order valence-electron chi connectivity index (χ1n) is 5.61. The van der Waals surface area contributed by atoms with Crippen LogP contribution >= 0.6 is 22.6 Å². The maximum absolute atomic E-state index is 11.8. The summed E-state index contributed by atoms with van der Waals surface area (Å²) in [6.45, 7) is 5.62. The van der Waals surface area contributed by atoms with E-state index in [0.29, 0.717) is 9.62 Å². The highest BCUT2D eigenvalue weighted by atomic mass is 127. The van der Waals surface area contributed by atoms with Gasteiger partial charge in [-0.15, -0.1) is 0 Å². The molecular weight excluding hydrogens is 347 g/mol. The zero-order valence-corrected chi connectivity index (χ0v) is 12.1. The lowest BCUT2D eigenvalue weighted by molar-refractivity contribution is -0.139. The number of carbonyl (C=O) groups excluding carboxylic acids is 2. The van der Waals surface area contributed by atoms with Crippen LogP contribution in [0.3, 0.4) is 0 Å². The Morgan fingerprint density at radius 1 is 1.72 bits per heavy atom. The van der Waals surface area contributed by atoms with Crippen molar-refractivity contribution in [2.75, 3.05) is 6.61 Å². The fraction of sp³-hybridized carbons (Fsp3) is 0.417. The van der Waals surface area contributed by atoms with Gasteiger partial charge >= 0.3 is 5.97 Å². The Balaban J connectivity index is 2.31. The average Bonchev–Trinajstić information content (AvgIpc) is 3.04. The predicted octanol–water partition coefficient (Wildman–Crippen LogP) is 1.43. The molecule has 0 amide bonds. The van der Waals surface area contributed by atoms with Crippen LogP contribution in [0.2, 0.25) is 0 Å². The number of ketones is 1. The lowest BCUT2D eigenvalue weighted by Gasteiger charge is -2.27. The van der Waals surface area contributed by atoms with Crippen LogP contribution in [0, 0.1) is 5.41 Å². The summed E-state index contributed by atoms with van der Waals surface area (Å²) >= 11 is 2.30. The van der Waals surface area contributed by atoms with Gasteiger partial charge in [0.15, 0.2) is 0 Å². The van der Waals surface area contributed by atoms with Gasteiger partial charge in [0.2, 0.25) is 5.78 Å². The third kappa shape index (κ3) is 2.21. The maximum Gasteiger partial charge on any atom is 0.343 e. The summed E-state index contributed by atoms with van der Waals surface area (Å²) in [7, 11) is 0. The van der Waals surface area contributed by atoms with Crippen molar-refractivity contribution >= 4 is 40.1 Å². The summed E-state index contributed by atoms with van der Waals surface area (Å²) in [5.41, 5.74) is 0.0537. The van der Waals surface area contributed by atoms with Crippen molar-refractivity contribution in [2.45, 2.75) is 23.3 Å².